The Labute approximate surface area is 116 Å². The van der Waals surface area contributed by atoms with Crippen LogP contribution in [0.25, 0.3) is 0 Å². The molecular formula is C17H25NO. The van der Waals surface area contributed by atoms with Gasteiger partial charge >= 0.3 is 0 Å². The predicted octanol–water partition coefficient (Wildman–Crippen LogP) is 3.66. The van der Waals surface area contributed by atoms with Crippen molar-refractivity contribution < 1.29 is 4.74 Å². The summed E-state index contributed by atoms with van der Waals surface area (Å²) in [7, 11) is 0. The van der Waals surface area contributed by atoms with Crippen LogP contribution in [0.5, 0.6) is 5.75 Å². The van der Waals surface area contributed by atoms with Gasteiger partial charge in [0, 0.05) is 12.1 Å². The minimum absolute atomic E-state index is 0.401. The van der Waals surface area contributed by atoms with Crippen molar-refractivity contribution in [1.82, 2.24) is 5.32 Å². The van der Waals surface area contributed by atoms with Crippen LogP contribution in [0.1, 0.15) is 48.8 Å². The average molecular weight is 259 g/mol. The molecule has 104 valence electrons. The van der Waals surface area contributed by atoms with Crippen LogP contribution in [0.2, 0.25) is 0 Å². The van der Waals surface area contributed by atoms with Gasteiger partial charge in [0.15, 0.2) is 0 Å². The van der Waals surface area contributed by atoms with Crippen molar-refractivity contribution in [3.63, 3.8) is 0 Å². The van der Waals surface area contributed by atoms with E-state index in [4.69, 9.17) is 4.74 Å². The number of nitrogens with one attached hydrogen (secondary N) is 1. The van der Waals surface area contributed by atoms with Crippen molar-refractivity contribution in [3.8, 4) is 5.75 Å². The summed E-state index contributed by atoms with van der Waals surface area (Å²) >= 11 is 0. The van der Waals surface area contributed by atoms with Crippen LogP contribution in [-0.2, 0) is 0 Å². The van der Waals surface area contributed by atoms with Crippen molar-refractivity contribution in [3.05, 3.63) is 28.8 Å². The van der Waals surface area contributed by atoms with Crippen LogP contribution in [0.4, 0.5) is 0 Å². The highest BCUT2D eigenvalue weighted by Crippen LogP contribution is 2.30. The number of piperidine rings is 2. The Bertz CT molecular complexity index is 433. The Morgan fingerprint density at radius 2 is 1.58 bits per heavy atom. The van der Waals surface area contributed by atoms with Gasteiger partial charge in [0.25, 0.3) is 0 Å². The van der Waals surface area contributed by atoms with Crippen LogP contribution in [0.15, 0.2) is 12.1 Å². The number of hydrogen-bond acceptors (Lipinski definition) is 2. The lowest BCUT2D eigenvalue weighted by Crippen LogP contribution is -2.51. The van der Waals surface area contributed by atoms with Gasteiger partial charge in [-0.05, 0) is 75.3 Å². The van der Waals surface area contributed by atoms with Crippen molar-refractivity contribution in [2.24, 2.45) is 0 Å². The first kappa shape index (κ1) is 13.0. The van der Waals surface area contributed by atoms with Gasteiger partial charge < -0.3 is 10.1 Å². The fourth-order valence-corrected chi connectivity index (χ4v) is 3.57. The smallest absolute Gasteiger partial charge is 0.120 e. The van der Waals surface area contributed by atoms with E-state index in [1.165, 1.54) is 48.8 Å². The normalized spacial score (nSPS) is 30.2. The molecular weight excluding hydrogens is 234 g/mol. The Hall–Kier alpha value is -1.02. The molecule has 1 aromatic carbocycles. The summed E-state index contributed by atoms with van der Waals surface area (Å²) in [6, 6.07) is 5.76. The number of fused-ring (bicyclic) bond motifs is 2. The molecule has 2 aliphatic rings. The molecule has 0 spiro atoms. The highest BCUT2D eigenvalue weighted by atomic mass is 16.5. The van der Waals surface area contributed by atoms with Gasteiger partial charge in [0.2, 0.25) is 0 Å². The van der Waals surface area contributed by atoms with Crippen molar-refractivity contribution in [2.45, 2.75) is 71.1 Å². The second-order valence-corrected chi connectivity index (χ2v) is 6.38. The topological polar surface area (TPSA) is 21.3 Å². The fourth-order valence-electron chi connectivity index (χ4n) is 3.57. The van der Waals surface area contributed by atoms with E-state index in [1.54, 1.807) is 0 Å². The first-order chi connectivity index (χ1) is 9.11. The fraction of sp³-hybridized carbons (Fsp3) is 0.647. The summed E-state index contributed by atoms with van der Waals surface area (Å²) in [6.07, 6.45) is 6.77. The lowest BCUT2D eigenvalue weighted by molar-refractivity contribution is 0.0926. The summed E-state index contributed by atoms with van der Waals surface area (Å²) in [6.45, 7) is 6.53. The Morgan fingerprint density at radius 3 is 2.16 bits per heavy atom. The van der Waals surface area contributed by atoms with E-state index in [0.717, 1.165) is 5.75 Å². The molecule has 2 aliphatic heterocycles. The first-order valence-electron chi connectivity index (χ1n) is 7.62. The van der Waals surface area contributed by atoms with Crippen LogP contribution in [0, 0.1) is 20.8 Å². The van der Waals surface area contributed by atoms with Crippen LogP contribution in [0.3, 0.4) is 0 Å². The number of aryl methyl sites for hydroxylation is 2. The van der Waals surface area contributed by atoms with Gasteiger partial charge in [-0.3, -0.25) is 0 Å². The lowest BCUT2D eigenvalue weighted by atomic mass is 9.85. The van der Waals surface area contributed by atoms with Crippen molar-refractivity contribution >= 4 is 0 Å². The molecule has 0 unspecified atom stereocenters. The highest BCUT2D eigenvalue weighted by Gasteiger charge is 2.32. The van der Waals surface area contributed by atoms with Crippen molar-refractivity contribution in [2.75, 3.05) is 0 Å². The average Bonchev–Trinajstić information content (AvgIpc) is 2.35. The first-order valence-corrected chi connectivity index (χ1v) is 7.62. The largest absolute Gasteiger partial charge is 0.490 e. The molecule has 0 aromatic heterocycles. The van der Waals surface area contributed by atoms with Crippen LogP contribution >= 0.6 is 0 Å². The molecule has 0 aliphatic carbocycles. The van der Waals surface area contributed by atoms with Gasteiger partial charge in [-0.2, -0.15) is 0 Å². The maximum absolute atomic E-state index is 6.27. The molecule has 0 radical (unpaired) electrons. The van der Waals surface area contributed by atoms with E-state index in [9.17, 15) is 0 Å². The third-order valence-corrected chi connectivity index (χ3v) is 4.87. The molecule has 2 fully saturated rings. The van der Waals surface area contributed by atoms with E-state index in [2.05, 4.69) is 38.2 Å². The maximum Gasteiger partial charge on any atom is 0.120 e. The van der Waals surface area contributed by atoms with Gasteiger partial charge in [0.1, 0.15) is 11.9 Å². The molecule has 2 heteroatoms. The SMILES string of the molecule is Cc1cc(O[C@@H]2C[C@H]3CCC[C@@H](C2)N3)cc(C)c1C. The molecule has 2 nitrogen and oxygen atoms in total. The number of rotatable bonds is 2. The molecule has 0 saturated carbocycles. The van der Waals surface area contributed by atoms with E-state index in [0.29, 0.717) is 18.2 Å². The summed E-state index contributed by atoms with van der Waals surface area (Å²) < 4.78 is 6.27. The zero-order valence-corrected chi connectivity index (χ0v) is 12.3. The maximum atomic E-state index is 6.27. The predicted molar refractivity (Wildman–Crippen MR) is 78.9 cm³/mol. The molecule has 19 heavy (non-hydrogen) atoms. The zero-order valence-electron chi connectivity index (χ0n) is 12.3. The second-order valence-electron chi connectivity index (χ2n) is 6.38. The lowest BCUT2D eigenvalue weighted by Gasteiger charge is -2.40. The summed E-state index contributed by atoms with van der Waals surface area (Å²) in [5.41, 5.74) is 4.06. The molecule has 2 heterocycles. The van der Waals surface area contributed by atoms with Gasteiger partial charge in [-0.1, -0.05) is 6.42 Å². The number of hydrogen-bond donors (Lipinski definition) is 1. The standard InChI is InChI=1S/C17H25NO/c1-11-7-16(8-12(2)13(11)3)19-17-9-14-5-4-6-15(10-17)18-14/h7-8,14-15,17-18H,4-6,9-10H2,1-3H3/t14-,15+,17-. The van der Waals surface area contributed by atoms with E-state index >= 15 is 0 Å². The number of benzene rings is 1. The molecule has 2 bridgehead atoms. The Kier molecular flexibility index (Phi) is 3.53. The molecule has 0 amide bonds. The van der Waals surface area contributed by atoms with E-state index in [1.807, 2.05) is 0 Å². The summed E-state index contributed by atoms with van der Waals surface area (Å²) in [5, 5.41) is 3.72. The monoisotopic (exact) mass is 259 g/mol. The van der Waals surface area contributed by atoms with Crippen molar-refractivity contribution in [1.29, 1.82) is 0 Å². The number of ether oxygens (including phenoxy) is 1. The third-order valence-electron chi connectivity index (χ3n) is 4.87. The second kappa shape index (κ2) is 5.16. The molecule has 1 N–H and O–H groups in total. The molecule has 3 rings (SSSR count). The summed E-state index contributed by atoms with van der Waals surface area (Å²) in [4.78, 5) is 0. The van der Waals surface area contributed by atoms with Gasteiger partial charge in [-0.25, -0.2) is 0 Å². The molecule has 3 atom stereocenters. The quantitative estimate of drug-likeness (QED) is 0.875. The van der Waals surface area contributed by atoms with Gasteiger partial charge in [-0.15, -0.1) is 0 Å². The third kappa shape index (κ3) is 2.79. The Morgan fingerprint density at radius 1 is 1.00 bits per heavy atom. The molecule has 1 aromatic rings. The Balaban J connectivity index is 1.71. The molecule has 2 saturated heterocycles. The van der Waals surface area contributed by atoms with E-state index in [-0.39, 0.29) is 0 Å². The van der Waals surface area contributed by atoms with Crippen LogP contribution < -0.4 is 10.1 Å². The summed E-state index contributed by atoms with van der Waals surface area (Å²) in [5.74, 6) is 1.06. The minimum Gasteiger partial charge on any atom is -0.490 e. The van der Waals surface area contributed by atoms with Crippen LogP contribution in [-0.4, -0.2) is 18.2 Å². The zero-order chi connectivity index (χ0) is 13.4. The minimum atomic E-state index is 0.401. The highest BCUT2D eigenvalue weighted by molar-refractivity contribution is 5.40. The van der Waals surface area contributed by atoms with E-state index < -0.39 is 0 Å². The van der Waals surface area contributed by atoms with Gasteiger partial charge in [0.05, 0.1) is 0 Å².